The molecule has 19 nitrogen and oxygen atoms in total. The molecule has 0 unspecified atom stereocenters. The highest BCUT2D eigenvalue weighted by atomic mass is 16.7. The van der Waals surface area contributed by atoms with E-state index in [1.165, 1.54) is 30.3 Å². The van der Waals surface area contributed by atoms with Gasteiger partial charge in [-0.25, -0.2) is 9.59 Å². The van der Waals surface area contributed by atoms with Crippen molar-refractivity contribution in [2.24, 2.45) is 5.92 Å². The first kappa shape index (κ1) is 49.7. The summed E-state index contributed by atoms with van der Waals surface area (Å²) in [6.07, 6.45) is 4.81. The van der Waals surface area contributed by atoms with Crippen molar-refractivity contribution in [2.75, 3.05) is 31.3 Å². The van der Waals surface area contributed by atoms with E-state index in [4.69, 9.17) is 19.1 Å². The molecular formula is C41H57N7O12. The van der Waals surface area contributed by atoms with Crippen molar-refractivity contribution >= 4 is 47.7 Å². The van der Waals surface area contributed by atoms with Crippen LogP contribution in [0.5, 0.6) is 5.75 Å². The monoisotopic (exact) mass is 839 g/mol. The van der Waals surface area contributed by atoms with Crippen LogP contribution in [0.15, 0.2) is 59.0 Å². The lowest BCUT2D eigenvalue weighted by Crippen LogP contribution is -2.49. The molecule has 2 heterocycles. The molecule has 0 aliphatic carbocycles. The summed E-state index contributed by atoms with van der Waals surface area (Å²) in [4.78, 5) is 95.5. The molecule has 1 aromatic heterocycles. The Bertz CT molecular complexity index is 1930. The number of hydrogen-bond acceptors (Lipinski definition) is 13. The molecule has 3 atom stereocenters. The average Bonchev–Trinajstić information content (AvgIpc) is 3.94. The summed E-state index contributed by atoms with van der Waals surface area (Å²) in [5, 5.41) is 26.7. The Morgan fingerprint density at radius 2 is 1.65 bits per heavy atom. The van der Waals surface area contributed by atoms with Gasteiger partial charge in [0.2, 0.25) is 12.3 Å². The molecule has 3 aromatic rings. The van der Waals surface area contributed by atoms with Crippen molar-refractivity contribution in [1.29, 1.82) is 0 Å². The van der Waals surface area contributed by atoms with Crippen molar-refractivity contribution in [3.05, 3.63) is 71.5 Å². The van der Waals surface area contributed by atoms with Crippen LogP contribution in [0.25, 0.3) is 11.3 Å². The quantitative estimate of drug-likeness (QED) is 0.0288. The van der Waals surface area contributed by atoms with Crippen molar-refractivity contribution in [3.8, 4) is 17.1 Å². The molecule has 1 aliphatic heterocycles. The fourth-order valence-electron chi connectivity index (χ4n) is 6.67. The maximum absolute atomic E-state index is 13.6. The van der Waals surface area contributed by atoms with E-state index < -0.39 is 60.1 Å². The number of rotatable bonds is 23. The van der Waals surface area contributed by atoms with Gasteiger partial charge in [0.25, 0.3) is 11.8 Å². The number of unbranched alkanes of at least 4 members (excludes halogenated alkanes) is 2. The van der Waals surface area contributed by atoms with Gasteiger partial charge in [0.05, 0.1) is 42.8 Å². The second-order valence-corrected chi connectivity index (χ2v) is 13.7. The SMILES string of the molecule is CCCCC[C@@H](C(=O)NCNC(=O)c1ccc(-c2ccc(C(=O)N[C@@H](CC(=O)O)C(=O)O)c(OCC)c2)o1)[C@@H](CC)N(C=O)OC(=O)c1cccc(N2CCCC2)c1.N.N. The van der Waals surface area contributed by atoms with Gasteiger partial charge in [-0.1, -0.05) is 45.2 Å². The lowest BCUT2D eigenvalue weighted by atomic mass is 9.90. The van der Waals surface area contributed by atoms with Crippen molar-refractivity contribution in [1.82, 2.24) is 33.3 Å². The zero-order valence-corrected chi connectivity index (χ0v) is 34.3. The van der Waals surface area contributed by atoms with Gasteiger partial charge >= 0.3 is 17.9 Å². The Labute approximate surface area is 348 Å². The molecule has 1 aliphatic rings. The van der Waals surface area contributed by atoms with E-state index >= 15 is 0 Å². The minimum absolute atomic E-state index is 0. The summed E-state index contributed by atoms with van der Waals surface area (Å²) in [5.74, 6) is -6.17. The van der Waals surface area contributed by atoms with Crippen LogP contribution in [0.3, 0.4) is 0 Å². The van der Waals surface area contributed by atoms with Crippen LogP contribution in [0.1, 0.15) is 103 Å². The van der Waals surface area contributed by atoms with Gasteiger partial charge in [-0.15, -0.1) is 0 Å². The Morgan fingerprint density at radius 3 is 2.28 bits per heavy atom. The van der Waals surface area contributed by atoms with Crippen LogP contribution in [0.4, 0.5) is 5.69 Å². The van der Waals surface area contributed by atoms with E-state index in [9.17, 15) is 38.7 Å². The van der Waals surface area contributed by atoms with Gasteiger partial charge in [0.15, 0.2) is 5.76 Å². The molecule has 60 heavy (non-hydrogen) atoms. The number of ether oxygens (including phenoxy) is 1. The highest BCUT2D eigenvalue weighted by molar-refractivity contribution is 6.00. The molecule has 0 saturated carbocycles. The van der Waals surface area contributed by atoms with Crippen LogP contribution in [0.2, 0.25) is 0 Å². The van der Waals surface area contributed by atoms with Gasteiger partial charge in [-0.05, 0) is 75.1 Å². The van der Waals surface area contributed by atoms with E-state index in [-0.39, 0.29) is 54.0 Å². The zero-order chi connectivity index (χ0) is 42.2. The number of hydroxylamine groups is 2. The molecule has 328 valence electrons. The predicted molar refractivity (Wildman–Crippen MR) is 220 cm³/mol. The Hall–Kier alpha value is -6.47. The molecule has 4 rings (SSSR count). The highest BCUT2D eigenvalue weighted by Crippen LogP contribution is 2.30. The lowest BCUT2D eigenvalue weighted by molar-refractivity contribution is -0.171. The molecule has 4 amide bonds. The van der Waals surface area contributed by atoms with Gasteiger partial charge in [0.1, 0.15) is 17.6 Å². The number of carbonyl (C=O) groups is 7. The van der Waals surface area contributed by atoms with E-state index in [1.54, 1.807) is 32.0 Å². The number of hydrogen-bond donors (Lipinski definition) is 7. The van der Waals surface area contributed by atoms with Crippen molar-refractivity contribution < 1.29 is 57.8 Å². The van der Waals surface area contributed by atoms with Crippen LogP contribution >= 0.6 is 0 Å². The smallest absolute Gasteiger partial charge is 0.363 e. The number of nitrogens with zero attached hydrogens (tertiary/aromatic N) is 2. The van der Waals surface area contributed by atoms with Crippen molar-refractivity contribution in [3.63, 3.8) is 0 Å². The Kier molecular flexibility index (Phi) is 20.2. The first-order valence-corrected chi connectivity index (χ1v) is 19.4. The first-order chi connectivity index (χ1) is 27.9. The zero-order valence-electron chi connectivity index (χ0n) is 34.3. The lowest BCUT2D eigenvalue weighted by Gasteiger charge is -2.32. The molecule has 11 N–H and O–H groups in total. The fraction of sp³-hybridized carbons (Fsp3) is 0.439. The topological polar surface area (TPSA) is 304 Å². The number of carboxylic acids is 2. The second kappa shape index (κ2) is 24.5. The maximum atomic E-state index is 13.6. The molecule has 1 fully saturated rings. The van der Waals surface area contributed by atoms with Gasteiger partial charge in [-0.3, -0.25) is 24.0 Å². The van der Waals surface area contributed by atoms with Gasteiger partial charge < -0.3 is 57.4 Å². The van der Waals surface area contributed by atoms with Crippen LogP contribution in [0, 0.1) is 5.92 Å². The van der Waals surface area contributed by atoms with Crippen LogP contribution in [-0.4, -0.2) is 95.8 Å². The summed E-state index contributed by atoms with van der Waals surface area (Å²) >= 11 is 0. The van der Waals surface area contributed by atoms with E-state index in [0.29, 0.717) is 31.2 Å². The molecule has 0 radical (unpaired) electrons. The third-order valence-electron chi connectivity index (χ3n) is 9.64. The summed E-state index contributed by atoms with van der Waals surface area (Å²) < 4.78 is 11.4. The largest absolute Gasteiger partial charge is 0.493 e. The van der Waals surface area contributed by atoms with Crippen LogP contribution < -0.4 is 37.9 Å². The number of aliphatic carboxylic acids is 2. The normalized spacial score (nSPS) is 13.3. The molecule has 2 aromatic carbocycles. The number of benzene rings is 2. The number of carbonyl (C=O) groups excluding carboxylic acids is 5. The number of anilines is 1. The second-order valence-electron chi connectivity index (χ2n) is 13.7. The van der Waals surface area contributed by atoms with Gasteiger partial charge in [-0.2, -0.15) is 5.06 Å². The Morgan fingerprint density at radius 1 is 0.917 bits per heavy atom. The predicted octanol–water partition coefficient (Wildman–Crippen LogP) is 4.94. The molecule has 0 bridgehead atoms. The van der Waals surface area contributed by atoms with E-state index in [1.807, 2.05) is 13.0 Å². The number of furan rings is 1. The average molecular weight is 840 g/mol. The molecular weight excluding hydrogens is 782 g/mol. The third-order valence-corrected chi connectivity index (χ3v) is 9.64. The standard InChI is InChI=1S/C41H51N5O12.2H3N/c1-4-7-8-14-29(32(5-2)46(25-47)58-41(55)27-12-11-13-28(21-27)45-19-9-10-20-45)37(50)42-24-43-39(52)34-18-17-33(57-34)26-15-16-30(35(22-26)56-6-3)38(51)44-31(40(53)54)23-36(48)49;;/h11-13,15-18,21-22,25,29,31-32H,4-10,14,19-20,23-24H2,1-3H3,(H,42,50)(H,43,52)(H,44,51)(H,48,49)(H,53,54);2*1H3/t29-,31+,32-;;/m1../s1. The maximum Gasteiger partial charge on any atom is 0.363 e. The van der Waals surface area contributed by atoms with E-state index in [0.717, 1.165) is 49.5 Å². The number of amides is 4. The van der Waals surface area contributed by atoms with Crippen molar-refractivity contribution in [2.45, 2.75) is 84.2 Å². The third kappa shape index (κ3) is 13.6. The van der Waals surface area contributed by atoms with E-state index in [2.05, 4.69) is 20.9 Å². The minimum atomic E-state index is -1.67. The fourth-order valence-corrected chi connectivity index (χ4v) is 6.67. The summed E-state index contributed by atoms with van der Waals surface area (Å²) in [6.45, 7) is 7.12. The molecule has 0 spiro atoms. The highest BCUT2D eigenvalue weighted by Gasteiger charge is 2.34. The number of carboxylic acid groups (broad SMARTS) is 2. The minimum Gasteiger partial charge on any atom is -0.493 e. The summed E-state index contributed by atoms with van der Waals surface area (Å²) in [5.41, 5.74) is 1.54. The van der Waals surface area contributed by atoms with Gasteiger partial charge in [0, 0.05) is 24.3 Å². The molecule has 19 heteroatoms. The summed E-state index contributed by atoms with van der Waals surface area (Å²) in [6, 6.07) is 11.8. The summed E-state index contributed by atoms with van der Waals surface area (Å²) in [7, 11) is 0. The first-order valence-electron chi connectivity index (χ1n) is 19.4. The van der Waals surface area contributed by atoms with Crippen LogP contribution in [-0.2, 0) is 24.0 Å². The molecule has 1 saturated heterocycles. The Balaban J connectivity index is 0.00000620. The number of nitrogens with one attached hydrogen (secondary N) is 3.